The fourth-order valence-electron chi connectivity index (χ4n) is 1.82. The molecule has 0 aliphatic rings. The van der Waals surface area contributed by atoms with E-state index in [1.807, 2.05) is 0 Å². The number of hydrogen-bond donors (Lipinski definition) is 0. The second kappa shape index (κ2) is 4.42. The van der Waals surface area contributed by atoms with Crippen LogP contribution in [0.2, 0.25) is 0 Å². The molecule has 2 rings (SSSR count). The Morgan fingerprint density at radius 1 is 1.44 bits per heavy atom. The van der Waals surface area contributed by atoms with Gasteiger partial charge in [0, 0.05) is 12.6 Å². The van der Waals surface area contributed by atoms with E-state index >= 15 is 0 Å². The highest BCUT2D eigenvalue weighted by Gasteiger charge is 2.11. The van der Waals surface area contributed by atoms with Crippen LogP contribution in [-0.2, 0) is 12.4 Å². The fraction of sp³-hybridized carbons (Fsp3) is 0.417. The number of halogens is 2. The van der Waals surface area contributed by atoms with Gasteiger partial charge in [0.1, 0.15) is 11.6 Å². The van der Waals surface area contributed by atoms with Crippen molar-refractivity contribution in [3.8, 4) is 0 Å². The third kappa shape index (κ3) is 2.05. The Bertz CT molecular complexity index is 505. The molecule has 4 heteroatoms. The van der Waals surface area contributed by atoms with Crippen LogP contribution >= 0.6 is 11.6 Å². The molecule has 16 heavy (non-hydrogen) atoms. The second-order valence-corrected chi connectivity index (χ2v) is 4.57. The third-order valence-corrected chi connectivity index (χ3v) is 2.70. The van der Waals surface area contributed by atoms with Crippen LogP contribution in [0.4, 0.5) is 4.39 Å². The maximum absolute atomic E-state index is 13.1. The van der Waals surface area contributed by atoms with Crippen LogP contribution in [0.25, 0.3) is 11.0 Å². The van der Waals surface area contributed by atoms with Gasteiger partial charge in [0.2, 0.25) is 0 Å². The molecule has 0 N–H and O–H groups in total. The number of aromatic nitrogens is 2. The van der Waals surface area contributed by atoms with Crippen molar-refractivity contribution in [3.05, 3.63) is 29.8 Å². The molecular weight excluding hydrogens is 227 g/mol. The average molecular weight is 241 g/mol. The van der Waals surface area contributed by atoms with E-state index in [0.717, 1.165) is 17.9 Å². The zero-order chi connectivity index (χ0) is 11.7. The van der Waals surface area contributed by atoms with Gasteiger partial charge < -0.3 is 4.57 Å². The van der Waals surface area contributed by atoms with E-state index < -0.39 is 0 Å². The lowest BCUT2D eigenvalue weighted by Gasteiger charge is -2.10. The van der Waals surface area contributed by atoms with E-state index in [-0.39, 0.29) is 5.82 Å². The molecule has 0 aliphatic carbocycles. The first-order valence-electron chi connectivity index (χ1n) is 5.32. The Kier molecular flexibility index (Phi) is 3.15. The van der Waals surface area contributed by atoms with Gasteiger partial charge in [-0.2, -0.15) is 0 Å². The molecule has 0 radical (unpaired) electrons. The smallest absolute Gasteiger partial charge is 0.125 e. The van der Waals surface area contributed by atoms with E-state index in [9.17, 15) is 4.39 Å². The maximum atomic E-state index is 13.1. The molecule has 0 bridgehead atoms. The molecule has 1 heterocycles. The molecular formula is C12H14ClFN2. The number of hydrogen-bond acceptors (Lipinski definition) is 1. The van der Waals surface area contributed by atoms with Crippen molar-refractivity contribution in [2.45, 2.75) is 26.3 Å². The van der Waals surface area contributed by atoms with Gasteiger partial charge in [-0.3, -0.25) is 0 Å². The number of nitrogens with zero attached hydrogens (tertiary/aromatic N) is 2. The van der Waals surface area contributed by atoms with Gasteiger partial charge in [0.25, 0.3) is 0 Å². The monoisotopic (exact) mass is 240 g/mol. The fourth-order valence-corrected chi connectivity index (χ4v) is 2.03. The summed E-state index contributed by atoms with van der Waals surface area (Å²) < 4.78 is 15.1. The highest BCUT2D eigenvalue weighted by Crippen LogP contribution is 2.20. The van der Waals surface area contributed by atoms with Crippen LogP contribution in [0.5, 0.6) is 0 Å². The first-order chi connectivity index (χ1) is 7.61. The SMILES string of the molecule is CC(C)Cn1c(CCl)nc2cc(F)ccc21. The van der Waals surface area contributed by atoms with Crippen molar-refractivity contribution in [2.75, 3.05) is 0 Å². The lowest BCUT2D eigenvalue weighted by molar-refractivity contribution is 0.522. The number of imidazole rings is 1. The summed E-state index contributed by atoms with van der Waals surface area (Å²) >= 11 is 5.85. The van der Waals surface area contributed by atoms with Crippen LogP contribution in [-0.4, -0.2) is 9.55 Å². The molecule has 0 fully saturated rings. The minimum Gasteiger partial charge on any atom is -0.327 e. The van der Waals surface area contributed by atoms with Crippen molar-refractivity contribution < 1.29 is 4.39 Å². The van der Waals surface area contributed by atoms with Crippen molar-refractivity contribution in [3.63, 3.8) is 0 Å². The molecule has 2 aromatic rings. The molecule has 0 spiro atoms. The van der Waals surface area contributed by atoms with E-state index in [4.69, 9.17) is 11.6 Å². The highest BCUT2D eigenvalue weighted by atomic mass is 35.5. The lowest BCUT2D eigenvalue weighted by Crippen LogP contribution is -2.07. The Labute approximate surface area is 99.0 Å². The maximum Gasteiger partial charge on any atom is 0.125 e. The van der Waals surface area contributed by atoms with Crippen LogP contribution in [0.1, 0.15) is 19.7 Å². The first-order valence-corrected chi connectivity index (χ1v) is 5.86. The minimum atomic E-state index is -0.261. The van der Waals surface area contributed by atoms with Crippen molar-refractivity contribution in [1.29, 1.82) is 0 Å². The quantitative estimate of drug-likeness (QED) is 0.750. The molecule has 0 atom stereocenters. The average Bonchev–Trinajstić information content (AvgIpc) is 2.55. The lowest BCUT2D eigenvalue weighted by atomic mass is 10.2. The summed E-state index contributed by atoms with van der Waals surface area (Å²) in [5.74, 6) is 1.39. The summed E-state index contributed by atoms with van der Waals surface area (Å²) in [5.41, 5.74) is 1.63. The van der Waals surface area contributed by atoms with Gasteiger partial charge in [-0.05, 0) is 18.1 Å². The van der Waals surface area contributed by atoms with E-state index in [0.29, 0.717) is 17.3 Å². The topological polar surface area (TPSA) is 17.8 Å². The van der Waals surface area contributed by atoms with Gasteiger partial charge in [-0.1, -0.05) is 13.8 Å². The molecule has 2 nitrogen and oxygen atoms in total. The van der Waals surface area contributed by atoms with Gasteiger partial charge >= 0.3 is 0 Å². The molecule has 1 aromatic heterocycles. The molecule has 0 amide bonds. The predicted octanol–water partition coefficient (Wildman–Crippen LogP) is 3.57. The number of benzene rings is 1. The Morgan fingerprint density at radius 3 is 2.81 bits per heavy atom. The normalized spacial score (nSPS) is 11.6. The van der Waals surface area contributed by atoms with Crippen LogP contribution in [0.15, 0.2) is 18.2 Å². The summed E-state index contributed by atoms with van der Waals surface area (Å²) in [6, 6.07) is 4.66. The van der Waals surface area contributed by atoms with Gasteiger partial charge in [0.05, 0.1) is 16.9 Å². The Hall–Kier alpha value is -1.09. The molecule has 86 valence electrons. The van der Waals surface area contributed by atoms with Crippen molar-refractivity contribution in [1.82, 2.24) is 9.55 Å². The number of fused-ring (bicyclic) bond motifs is 1. The van der Waals surface area contributed by atoms with E-state index in [2.05, 4.69) is 23.4 Å². The summed E-state index contributed by atoms with van der Waals surface area (Å²) in [6.45, 7) is 5.12. The Morgan fingerprint density at radius 2 is 2.19 bits per heavy atom. The van der Waals surface area contributed by atoms with E-state index in [1.54, 1.807) is 6.07 Å². The second-order valence-electron chi connectivity index (χ2n) is 4.30. The molecule has 0 aliphatic heterocycles. The number of alkyl halides is 1. The zero-order valence-corrected chi connectivity index (χ0v) is 10.1. The first kappa shape index (κ1) is 11.4. The highest BCUT2D eigenvalue weighted by molar-refractivity contribution is 6.16. The van der Waals surface area contributed by atoms with Gasteiger partial charge in [0.15, 0.2) is 0 Å². The standard InChI is InChI=1S/C12H14ClFN2/c1-8(2)7-16-11-4-3-9(14)5-10(11)15-12(16)6-13/h3-5,8H,6-7H2,1-2H3. The summed E-state index contributed by atoms with van der Waals surface area (Å²) in [7, 11) is 0. The van der Waals surface area contributed by atoms with Crippen LogP contribution in [0.3, 0.4) is 0 Å². The van der Waals surface area contributed by atoms with Crippen LogP contribution < -0.4 is 0 Å². The summed E-state index contributed by atoms with van der Waals surface area (Å²) in [4.78, 5) is 4.34. The number of rotatable bonds is 3. The minimum absolute atomic E-state index is 0.261. The zero-order valence-electron chi connectivity index (χ0n) is 9.37. The molecule has 0 saturated carbocycles. The summed E-state index contributed by atoms with van der Waals surface area (Å²) in [6.07, 6.45) is 0. The van der Waals surface area contributed by atoms with Crippen molar-refractivity contribution >= 4 is 22.6 Å². The largest absolute Gasteiger partial charge is 0.327 e. The van der Waals surface area contributed by atoms with Gasteiger partial charge in [-0.15, -0.1) is 11.6 Å². The Balaban J connectivity index is 2.59. The molecule has 0 saturated heterocycles. The third-order valence-electron chi connectivity index (χ3n) is 2.46. The molecule has 1 aromatic carbocycles. The van der Waals surface area contributed by atoms with Crippen LogP contribution in [0, 0.1) is 11.7 Å². The predicted molar refractivity (Wildman–Crippen MR) is 64.1 cm³/mol. The summed E-state index contributed by atoms with van der Waals surface area (Å²) in [5, 5.41) is 0. The van der Waals surface area contributed by atoms with E-state index in [1.165, 1.54) is 12.1 Å². The van der Waals surface area contributed by atoms with Gasteiger partial charge in [-0.25, -0.2) is 9.37 Å². The molecule has 0 unspecified atom stereocenters. The van der Waals surface area contributed by atoms with Crippen molar-refractivity contribution in [2.24, 2.45) is 5.92 Å².